The first kappa shape index (κ1) is 21.8. The van der Waals surface area contributed by atoms with Gasteiger partial charge >= 0.3 is 0 Å². The molecule has 2 rings (SSSR count). The quantitative estimate of drug-likeness (QED) is 0.494. The van der Waals surface area contributed by atoms with E-state index in [0.29, 0.717) is 47.6 Å². The van der Waals surface area contributed by atoms with E-state index in [1.165, 1.54) is 13.2 Å². The molecule has 0 spiro atoms. The molecule has 0 aromatic heterocycles. The van der Waals surface area contributed by atoms with Crippen LogP contribution in [-0.2, 0) is 4.79 Å². The Labute approximate surface area is 171 Å². The zero-order chi connectivity index (χ0) is 21.2. The van der Waals surface area contributed by atoms with E-state index in [9.17, 15) is 10.1 Å². The van der Waals surface area contributed by atoms with Gasteiger partial charge in [0, 0.05) is 0 Å². The third kappa shape index (κ3) is 6.28. The summed E-state index contributed by atoms with van der Waals surface area (Å²) in [4.78, 5) is 12.6. The van der Waals surface area contributed by atoms with Crippen molar-refractivity contribution in [2.24, 2.45) is 5.92 Å². The van der Waals surface area contributed by atoms with Gasteiger partial charge in [0.25, 0.3) is 5.91 Å². The number of nitrogens with zero attached hydrogens (tertiary/aromatic N) is 1. The highest BCUT2D eigenvalue weighted by Crippen LogP contribution is 2.30. The molecule has 2 aromatic rings. The van der Waals surface area contributed by atoms with Crippen LogP contribution in [-0.4, -0.2) is 26.2 Å². The second-order valence-electron chi connectivity index (χ2n) is 6.67. The minimum Gasteiger partial charge on any atom is -0.495 e. The van der Waals surface area contributed by atoms with Crippen LogP contribution in [0, 0.1) is 17.2 Å². The van der Waals surface area contributed by atoms with E-state index in [2.05, 4.69) is 19.2 Å². The first-order valence-corrected chi connectivity index (χ1v) is 9.44. The van der Waals surface area contributed by atoms with Gasteiger partial charge in [0.05, 0.1) is 26.0 Å². The Morgan fingerprint density at radius 3 is 2.55 bits per heavy atom. The SMILES string of the molecule is CCOc1cc(/C=C(\C#N)C(=O)Nc2ccccc2OC)ccc1OCC(C)C. The maximum absolute atomic E-state index is 12.6. The Kier molecular flexibility index (Phi) is 8.11. The molecule has 0 unspecified atom stereocenters. The number of nitrogens with one attached hydrogen (secondary N) is 1. The molecular weight excluding hydrogens is 368 g/mol. The highest BCUT2D eigenvalue weighted by atomic mass is 16.5. The highest BCUT2D eigenvalue weighted by Gasteiger charge is 2.13. The van der Waals surface area contributed by atoms with E-state index in [4.69, 9.17) is 14.2 Å². The van der Waals surface area contributed by atoms with Crippen LogP contribution in [0.15, 0.2) is 48.0 Å². The standard InChI is InChI=1S/C23H26N2O4/c1-5-28-22-13-17(10-11-21(22)29-15-16(2)3)12-18(14-24)23(26)25-19-8-6-7-9-20(19)27-4/h6-13,16H,5,15H2,1-4H3,(H,25,26)/b18-12+. The molecule has 0 heterocycles. The first-order chi connectivity index (χ1) is 14.0. The van der Waals surface area contributed by atoms with E-state index < -0.39 is 5.91 Å². The van der Waals surface area contributed by atoms with E-state index in [1.54, 1.807) is 42.5 Å². The van der Waals surface area contributed by atoms with Crippen LogP contribution in [0.25, 0.3) is 6.08 Å². The number of carbonyl (C=O) groups is 1. The van der Waals surface area contributed by atoms with Gasteiger partial charge in [0.2, 0.25) is 0 Å². The number of hydrogen-bond donors (Lipinski definition) is 1. The van der Waals surface area contributed by atoms with Gasteiger partial charge in [0.1, 0.15) is 17.4 Å². The maximum Gasteiger partial charge on any atom is 0.266 e. The van der Waals surface area contributed by atoms with Crippen molar-refractivity contribution in [2.75, 3.05) is 25.6 Å². The van der Waals surface area contributed by atoms with Crippen molar-refractivity contribution in [3.05, 3.63) is 53.6 Å². The fourth-order valence-corrected chi connectivity index (χ4v) is 2.51. The van der Waals surface area contributed by atoms with Crippen molar-refractivity contribution in [1.29, 1.82) is 5.26 Å². The monoisotopic (exact) mass is 394 g/mol. The Morgan fingerprint density at radius 1 is 1.14 bits per heavy atom. The van der Waals surface area contributed by atoms with Crippen LogP contribution < -0.4 is 19.5 Å². The molecule has 152 valence electrons. The predicted molar refractivity (Wildman–Crippen MR) is 113 cm³/mol. The fourth-order valence-electron chi connectivity index (χ4n) is 2.51. The molecule has 1 N–H and O–H groups in total. The molecule has 6 nitrogen and oxygen atoms in total. The van der Waals surface area contributed by atoms with Gasteiger partial charge in [-0.3, -0.25) is 4.79 Å². The van der Waals surface area contributed by atoms with Crippen LogP contribution in [0.3, 0.4) is 0 Å². The lowest BCUT2D eigenvalue weighted by atomic mass is 10.1. The number of hydrogen-bond acceptors (Lipinski definition) is 5. The lowest BCUT2D eigenvalue weighted by Crippen LogP contribution is -2.14. The Morgan fingerprint density at radius 2 is 1.90 bits per heavy atom. The average molecular weight is 394 g/mol. The summed E-state index contributed by atoms with van der Waals surface area (Å²) in [5.74, 6) is 1.59. The molecule has 0 aliphatic rings. The van der Waals surface area contributed by atoms with E-state index in [1.807, 2.05) is 13.0 Å². The van der Waals surface area contributed by atoms with Gasteiger partial charge in [-0.05, 0) is 48.7 Å². The predicted octanol–water partition coefficient (Wildman–Crippen LogP) is 4.67. The molecule has 29 heavy (non-hydrogen) atoms. The maximum atomic E-state index is 12.6. The normalized spacial score (nSPS) is 11.0. The molecule has 2 aromatic carbocycles. The van der Waals surface area contributed by atoms with Gasteiger partial charge in [-0.2, -0.15) is 5.26 Å². The van der Waals surface area contributed by atoms with Crippen LogP contribution in [0.2, 0.25) is 0 Å². The van der Waals surface area contributed by atoms with Crippen molar-refractivity contribution in [1.82, 2.24) is 0 Å². The summed E-state index contributed by atoms with van der Waals surface area (Å²) in [7, 11) is 1.52. The summed E-state index contributed by atoms with van der Waals surface area (Å²) in [6.07, 6.45) is 1.51. The van der Waals surface area contributed by atoms with Gasteiger partial charge in [-0.15, -0.1) is 0 Å². The number of para-hydroxylation sites is 2. The van der Waals surface area contributed by atoms with Crippen LogP contribution in [0.5, 0.6) is 17.2 Å². The minimum atomic E-state index is -0.518. The molecule has 0 atom stereocenters. The van der Waals surface area contributed by atoms with E-state index >= 15 is 0 Å². The van der Waals surface area contributed by atoms with E-state index in [-0.39, 0.29) is 5.57 Å². The van der Waals surface area contributed by atoms with Crippen LogP contribution in [0.1, 0.15) is 26.3 Å². The first-order valence-electron chi connectivity index (χ1n) is 9.44. The molecule has 0 bridgehead atoms. The van der Waals surface area contributed by atoms with E-state index in [0.717, 1.165) is 0 Å². The molecular formula is C23H26N2O4. The summed E-state index contributed by atoms with van der Waals surface area (Å²) in [5.41, 5.74) is 1.12. The fraction of sp³-hybridized carbons (Fsp3) is 0.304. The molecule has 0 saturated carbocycles. The number of anilines is 1. The third-order valence-corrected chi connectivity index (χ3v) is 3.87. The van der Waals surface area contributed by atoms with Crippen LogP contribution in [0.4, 0.5) is 5.69 Å². The van der Waals surface area contributed by atoms with Crippen LogP contribution >= 0.6 is 0 Å². The number of methoxy groups -OCH3 is 1. The van der Waals surface area contributed by atoms with Crippen molar-refractivity contribution in [2.45, 2.75) is 20.8 Å². The molecule has 0 aliphatic carbocycles. The Balaban J connectivity index is 2.26. The smallest absolute Gasteiger partial charge is 0.266 e. The summed E-state index contributed by atoms with van der Waals surface area (Å²) in [5, 5.41) is 12.2. The largest absolute Gasteiger partial charge is 0.495 e. The summed E-state index contributed by atoms with van der Waals surface area (Å²) in [6.45, 7) is 7.06. The number of benzene rings is 2. The zero-order valence-corrected chi connectivity index (χ0v) is 17.2. The van der Waals surface area contributed by atoms with Gasteiger partial charge in [-0.25, -0.2) is 0 Å². The van der Waals surface area contributed by atoms with Crippen molar-refractivity contribution >= 4 is 17.7 Å². The van der Waals surface area contributed by atoms with Gasteiger partial charge < -0.3 is 19.5 Å². The van der Waals surface area contributed by atoms with Crippen molar-refractivity contribution < 1.29 is 19.0 Å². The van der Waals surface area contributed by atoms with Crippen molar-refractivity contribution in [3.63, 3.8) is 0 Å². The summed E-state index contributed by atoms with van der Waals surface area (Å²) >= 11 is 0. The number of amides is 1. The van der Waals surface area contributed by atoms with Crippen molar-refractivity contribution in [3.8, 4) is 23.3 Å². The molecule has 0 aliphatic heterocycles. The number of nitriles is 1. The topological polar surface area (TPSA) is 80.6 Å². The molecule has 0 fully saturated rings. The second-order valence-corrected chi connectivity index (χ2v) is 6.67. The molecule has 0 saturated heterocycles. The molecule has 1 amide bonds. The summed E-state index contributed by atoms with van der Waals surface area (Å²) < 4.78 is 16.7. The third-order valence-electron chi connectivity index (χ3n) is 3.87. The average Bonchev–Trinajstić information content (AvgIpc) is 2.71. The summed E-state index contributed by atoms with van der Waals surface area (Å²) in [6, 6.07) is 14.3. The molecule has 0 radical (unpaired) electrons. The zero-order valence-electron chi connectivity index (χ0n) is 17.2. The second kappa shape index (κ2) is 10.8. The van der Waals surface area contributed by atoms with Gasteiger partial charge in [0.15, 0.2) is 11.5 Å². The highest BCUT2D eigenvalue weighted by molar-refractivity contribution is 6.10. The Hall–Kier alpha value is -3.46. The lowest BCUT2D eigenvalue weighted by molar-refractivity contribution is -0.112. The number of rotatable bonds is 9. The molecule has 6 heteroatoms. The Bertz CT molecular complexity index is 913. The number of ether oxygens (including phenoxy) is 3. The minimum absolute atomic E-state index is 0.0331. The van der Waals surface area contributed by atoms with Gasteiger partial charge in [-0.1, -0.05) is 32.0 Å². The number of carbonyl (C=O) groups excluding carboxylic acids is 1. The lowest BCUT2D eigenvalue weighted by Gasteiger charge is -2.14.